The molecule has 198 valence electrons. The second-order valence-corrected chi connectivity index (χ2v) is 11.3. The molecule has 1 saturated heterocycles. The number of unbranched alkanes of at least 4 members (excludes halogenated alkanes) is 8. The van der Waals surface area contributed by atoms with Crippen LogP contribution < -0.4 is 5.32 Å². The minimum Gasteiger partial charge on any atom is -0.349 e. The molecule has 1 heterocycles. The Morgan fingerprint density at radius 3 is 2.00 bits per heavy atom. The predicted octanol–water partition coefficient (Wildman–Crippen LogP) is 7.91. The molecule has 0 aliphatic carbocycles. The molecule has 0 saturated carbocycles. The fraction of sp³-hybridized carbons (Fsp3) is 0.742. The van der Waals surface area contributed by atoms with Crippen molar-refractivity contribution in [2.45, 2.75) is 142 Å². The molecule has 0 aromatic heterocycles. The molecule has 0 spiro atoms. The highest BCUT2D eigenvalue weighted by molar-refractivity contribution is 5.94. The van der Waals surface area contributed by atoms with Crippen LogP contribution in [0.2, 0.25) is 0 Å². The third-order valence-electron chi connectivity index (χ3n) is 8.87. The number of nitrogens with zero attached hydrogens (tertiary/aromatic N) is 1. The van der Waals surface area contributed by atoms with E-state index in [-0.39, 0.29) is 28.9 Å². The number of benzene rings is 1. The number of rotatable bonds is 14. The molecule has 1 N–H and O–H groups in total. The molecular weight excluding hydrogens is 432 g/mol. The van der Waals surface area contributed by atoms with Gasteiger partial charge >= 0.3 is 0 Å². The van der Waals surface area contributed by atoms with E-state index in [1.54, 1.807) is 0 Å². The summed E-state index contributed by atoms with van der Waals surface area (Å²) in [5.74, 6) is 0.446. The Bertz CT molecular complexity index is 779. The highest BCUT2D eigenvalue weighted by Gasteiger charge is 2.54. The Labute approximate surface area is 215 Å². The van der Waals surface area contributed by atoms with Crippen LogP contribution >= 0.6 is 0 Å². The smallest absolute Gasteiger partial charge is 0.251 e. The first-order valence-corrected chi connectivity index (χ1v) is 14.4. The zero-order valence-corrected chi connectivity index (χ0v) is 23.5. The van der Waals surface area contributed by atoms with E-state index in [2.05, 4.69) is 51.8 Å². The van der Waals surface area contributed by atoms with Crippen molar-refractivity contribution < 1.29 is 9.59 Å². The van der Waals surface area contributed by atoms with Crippen LogP contribution in [-0.2, 0) is 4.79 Å². The van der Waals surface area contributed by atoms with E-state index < -0.39 is 0 Å². The van der Waals surface area contributed by atoms with Crippen molar-refractivity contribution in [3.63, 3.8) is 0 Å². The second-order valence-electron chi connectivity index (χ2n) is 11.3. The molecule has 35 heavy (non-hydrogen) atoms. The quantitative estimate of drug-likeness (QED) is 0.273. The second kappa shape index (κ2) is 14.0. The van der Waals surface area contributed by atoms with E-state index in [1.807, 2.05) is 30.3 Å². The van der Waals surface area contributed by atoms with Gasteiger partial charge in [-0.1, -0.05) is 97.3 Å². The Balaban J connectivity index is 2.01. The first kappa shape index (κ1) is 29.4. The van der Waals surface area contributed by atoms with Gasteiger partial charge in [0.15, 0.2) is 0 Å². The SMILES string of the molecule is CCCCCCCCCCCC(=O)N1C(C)(CC)CC(NC(=O)c2ccccc2)C(C)C1(C)CC. The van der Waals surface area contributed by atoms with Crippen molar-refractivity contribution in [1.82, 2.24) is 10.2 Å². The van der Waals surface area contributed by atoms with Gasteiger partial charge in [-0.3, -0.25) is 9.59 Å². The maximum Gasteiger partial charge on any atom is 0.251 e. The maximum atomic E-state index is 13.7. The van der Waals surface area contributed by atoms with Gasteiger partial charge in [0.1, 0.15) is 0 Å². The summed E-state index contributed by atoms with van der Waals surface area (Å²) in [6, 6.07) is 9.49. The monoisotopic (exact) mass is 484 g/mol. The molecule has 0 bridgehead atoms. The number of amides is 2. The lowest BCUT2D eigenvalue weighted by Gasteiger charge is -2.61. The van der Waals surface area contributed by atoms with Crippen molar-refractivity contribution >= 4 is 11.8 Å². The van der Waals surface area contributed by atoms with E-state index >= 15 is 0 Å². The minimum atomic E-state index is -0.284. The molecule has 1 aliphatic heterocycles. The highest BCUT2D eigenvalue weighted by Crippen LogP contribution is 2.46. The lowest BCUT2D eigenvalue weighted by atomic mass is 9.66. The van der Waals surface area contributed by atoms with Crippen LogP contribution in [0.3, 0.4) is 0 Å². The van der Waals surface area contributed by atoms with Crippen molar-refractivity contribution in [1.29, 1.82) is 0 Å². The Morgan fingerprint density at radius 1 is 0.886 bits per heavy atom. The highest BCUT2D eigenvalue weighted by atomic mass is 16.2. The third kappa shape index (κ3) is 7.57. The van der Waals surface area contributed by atoms with Gasteiger partial charge < -0.3 is 10.2 Å². The number of piperidine rings is 1. The molecule has 1 aliphatic rings. The molecule has 1 aromatic carbocycles. The van der Waals surface area contributed by atoms with Crippen molar-refractivity contribution in [3.8, 4) is 0 Å². The average molecular weight is 485 g/mol. The molecule has 4 atom stereocenters. The molecule has 0 radical (unpaired) electrons. The summed E-state index contributed by atoms with van der Waals surface area (Å²) in [5, 5.41) is 3.33. The maximum absolute atomic E-state index is 13.7. The topological polar surface area (TPSA) is 49.4 Å². The summed E-state index contributed by atoms with van der Waals surface area (Å²) in [5.41, 5.74) is 0.149. The van der Waals surface area contributed by atoms with Gasteiger partial charge in [-0.25, -0.2) is 0 Å². The number of nitrogens with one attached hydrogen (secondary N) is 1. The summed E-state index contributed by atoms with van der Waals surface area (Å²) >= 11 is 0. The first-order chi connectivity index (χ1) is 16.7. The van der Waals surface area contributed by atoms with Crippen LogP contribution in [0.4, 0.5) is 0 Å². The molecule has 1 fully saturated rings. The molecule has 4 nitrogen and oxygen atoms in total. The van der Waals surface area contributed by atoms with Crippen LogP contribution in [0.25, 0.3) is 0 Å². The van der Waals surface area contributed by atoms with E-state index in [1.165, 1.54) is 44.9 Å². The van der Waals surface area contributed by atoms with Crippen LogP contribution in [0.1, 0.15) is 135 Å². The van der Waals surface area contributed by atoms with Gasteiger partial charge in [0, 0.05) is 29.1 Å². The summed E-state index contributed by atoms with van der Waals surface area (Å²) < 4.78 is 0. The standard InChI is InChI=1S/C31H52N2O2/c1-7-10-11-12-13-14-15-16-20-23-28(34)33-30(5,8-2)24-27(25(4)31(33,6)9-3)32-29(35)26-21-18-17-19-22-26/h17-19,21-22,25,27H,7-16,20,23-24H2,1-6H3,(H,32,35). The Morgan fingerprint density at radius 2 is 1.46 bits per heavy atom. The van der Waals surface area contributed by atoms with Crippen molar-refractivity contribution in [2.24, 2.45) is 5.92 Å². The third-order valence-corrected chi connectivity index (χ3v) is 8.87. The summed E-state index contributed by atoms with van der Waals surface area (Å²) in [6.07, 6.45) is 14.5. The number of hydrogen-bond donors (Lipinski definition) is 1. The van der Waals surface area contributed by atoms with E-state index in [4.69, 9.17) is 0 Å². The van der Waals surface area contributed by atoms with Crippen LogP contribution in [0.15, 0.2) is 30.3 Å². The number of carbonyl (C=O) groups is 2. The van der Waals surface area contributed by atoms with Crippen molar-refractivity contribution in [2.75, 3.05) is 0 Å². The minimum absolute atomic E-state index is 0.0196. The van der Waals surface area contributed by atoms with Gasteiger partial charge in [0.2, 0.25) is 5.91 Å². The average Bonchev–Trinajstić information content (AvgIpc) is 2.86. The number of carbonyl (C=O) groups excluding carboxylic acids is 2. The summed E-state index contributed by atoms with van der Waals surface area (Å²) in [7, 11) is 0. The molecule has 1 aromatic rings. The van der Waals surface area contributed by atoms with E-state index in [9.17, 15) is 9.59 Å². The lowest BCUT2D eigenvalue weighted by molar-refractivity contribution is -0.160. The normalized spacial score (nSPS) is 26.5. The zero-order valence-electron chi connectivity index (χ0n) is 23.5. The Hall–Kier alpha value is -1.84. The first-order valence-electron chi connectivity index (χ1n) is 14.4. The zero-order chi connectivity index (χ0) is 25.9. The molecule has 4 unspecified atom stereocenters. The Kier molecular flexibility index (Phi) is 11.8. The van der Waals surface area contributed by atoms with Gasteiger partial charge in [-0.05, 0) is 57.6 Å². The van der Waals surface area contributed by atoms with Crippen molar-refractivity contribution in [3.05, 3.63) is 35.9 Å². The molecule has 4 heteroatoms. The van der Waals surface area contributed by atoms with Crippen LogP contribution in [0.5, 0.6) is 0 Å². The van der Waals surface area contributed by atoms with Gasteiger partial charge in [-0.15, -0.1) is 0 Å². The molecule has 2 rings (SSSR count). The fourth-order valence-electron chi connectivity index (χ4n) is 6.08. The summed E-state index contributed by atoms with van der Waals surface area (Å²) in [4.78, 5) is 28.9. The van der Waals surface area contributed by atoms with Gasteiger partial charge in [0.25, 0.3) is 5.91 Å². The number of hydrogen-bond acceptors (Lipinski definition) is 2. The number of likely N-dealkylation sites (tertiary alicyclic amines) is 1. The van der Waals surface area contributed by atoms with E-state index in [0.29, 0.717) is 17.9 Å². The fourth-order valence-corrected chi connectivity index (χ4v) is 6.08. The summed E-state index contributed by atoms with van der Waals surface area (Å²) in [6.45, 7) is 13.3. The van der Waals surface area contributed by atoms with Crippen LogP contribution in [-0.4, -0.2) is 33.8 Å². The largest absolute Gasteiger partial charge is 0.349 e. The van der Waals surface area contributed by atoms with Crippen LogP contribution in [0, 0.1) is 5.92 Å². The molecule has 2 amide bonds. The lowest BCUT2D eigenvalue weighted by Crippen LogP contribution is -2.71. The predicted molar refractivity (Wildman–Crippen MR) is 148 cm³/mol. The van der Waals surface area contributed by atoms with Gasteiger partial charge in [0.05, 0.1) is 0 Å². The van der Waals surface area contributed by atoms with E-state index in [0.717, 1.165) is 32.1 Å². The molecular formula is C31H52N2O2. The van der Waals surface area contributed by atoms with Gasteiger partial charge in [-0.2, -0.15) is 0 Å².